The second-order valence-corrected chi connectivity index (χ2v) is 2.10. The van der Waals surface area contributed by atoms with E-state index in [9.17, 15) is 4.79 Å². The highest BCUT2D eigenvalue weighted by molar-refractivity contribution is 5.54. The molecule has 0 N–H and O–H groups in total. The van der Waals surface area contributed by atoms with E-state index in [2.05, 4.69) is 19.3 Å². The van der Waals surface area contributed by atoms with Gasteiger partial charge in [-0.1, -0.05) is 0 Å². The molecular weight excluding hydrogens is 160 g/mol. The van der Waals surface area contributed by atoms with Gasteiger partial charge in [-0.3, -0.25) is 0 Å². The number of rotatable bonds is 1. The van der Waals surface area contributed by atoms with Gasteiger partial charge in [-0.05, 0) is 12.1 Å². The first-order valence-electron chi connectivity index (χ1n) is 3.23. The van der Waals surface area contributed by atoms with Crippen LogP contribution in [0.2, 0.25) is 0 Å². The largest absolute Gasteiger partial charge is 0.431 e. The summed E-state index contributed by atoms with van der Waals surface area (Å²) >= 11 is 0. The fourth-order valence-corrected chi connectivity index (χ4v) is 0.840. The number of hydrogen-bond donors (Lipinski definition) is 0. The third kappa shape index (κ3) is 1.01. The second kappa shape index (κ2) is 2.61. The lowest BCUT2D eigenvalue weighted by Crippen LogP contribution is -2.00. The summed E-state index contributed by atoms with van der Waals surface area (Å²) in [6.45, 7) is 0. The van der Waals surface area contributed by atoms with Crippen LogP contribution < -0.4 is 5.63 Å². The van der Waals surface area contributed by atoms with Gasteiger partial charge in [-0.2, -0.15) is 0 Å². The van der Waals surface area contributed by atoms with Crippen molar-refractivity contribution in [2.24, 2.45) is 0 Å². The molecule has 2 heterocycles. The summed E-state index contributed by atoms with van der Waals surface area (Å²) in [6.07, 6.45) is 2.59. The van der Waals surface area contributed by atoms with Gasteiger partial charge < -0.3 is 8.94 Å². The molecule has 0 aliphatic rings. The average molecular weight is 164 g/mol. The minimum atomic E-state index is -0.451. The van der Waals surface area contributed by atoms with Gasteiger partial charge in [0.25, 0.3) is 0 Å². The molecule has 0 saturated heterocycles. The zero-order chi connectivity index (χ0) is 8.39. The van der Waals surface area contributed by atoms with Crippen molar-refractivity contribution in [3.8, 4) is 11.3 Å². The van der Waals surface area contributed by atoms with Crippen molar-refractivity contribution in [3.05, 3.63) is 35.1 Å². The second-order valence-electron chi connectivity index (χ2n) is 2.10. The monoisotopic (exact) mass is 164 g/mol. The summed E-state index contributed by atoms with van der Waals surface area (Å²) in [5.41, 5.74) is 0.274. The highest BCUT2D eigenvalue weighted by Crippen LogP contribution is 2.09. The van der Waals surface area contributed by atoms with Gasteiger partial charge in [0, 0.05) is 5.27 Å². The summed E-state index contributed by atoms with van der Waals surface area (Å²) in [7, 11) is 0. The van der Waals surface area contributed by atoms with Crippen molar-refractivity contribution in [1.82, 2.24) is 10.4 Å². The van der Waals surface area contributed by atoms with Gasteiger partial charge in [0.15, 0.2) is 6.26 Å². The van der Waals surface area contributed by atoms with Gasteiger partial charge >= 0.3 is 5.63 Å². The standard InChI is InChI=1S/C7H4N2O3/c10-7-5(2-1-3-11-7)6-4-12-9-8-6/h1-4H. The zero-order valence-corrected chi connectivity index (χ0v) is 5.93. The molecule has 0 fully saturated rings. The molecule has 0 saturated carbocycles. The number of aromatic nitrogens is 2. The zero-order valence-electron chi connectivity index (χ0n) is 5.93. The lowest BCUT2D eigenvalue weighted by atomic mass is 10.2. The Morgan fingerprint density at radius 3 is 3.00 bits per heavy atom. The maximum atomic E-state index is 11.0. The van der Waals surface area contributed by atoms with Crippen LogP contribution in [0.5, 0.6) is 0 Å². The van der Waals surface area contributed by atoms with Crippen LogP contribution in [0.1, 0.15) is 0 Å². The Labute approximate surface area is 66.6 Å². The highest BCUT2D eigenvalue weighted by Gasteiger charge is 2.06. The molecule has 0 radical (unpaired) electrons. The predicted molar refractivity (Wildman–Crippen MR) is 38.3 cm³/mol. The van der Waals surface area contributed by atoms with Crippen LogP contribution in [0.25, 0.3) is 11.3 Å². The van der Waals surface area contributed by atoms with Crippen molar-refractivity contribution in [2.75, 3.05) is 0 Å². The van der Waals surface area contributed by atoms with Gasteiger partial charge in [0.05, 0.1) is 11.8 Å². The summed E-state index contributed by atoms with van der Waals surface area (Å²) in [5.74, 6) is 0. The minimum Gasteiger partial charge on any atom is -0.431 e. The van der Waals surface area contributed by atoms with E-state index in [-0.39, 0.29) is 0 Å². The molecule has 0 bridgehead atoms. The van der Waals surface area contributed by atoms with E-state index in [1.54, 1.807) is 12.1 Å². The molecule has 0 amide bonds. The molecule has 2 rings (SSSR count). The average Bonchev–Trinajstić information content (AvgIpc) is 2.57. The molecule has 2 aromatic rings. The van der Waals surface area contributed by atoms with Crippen LogP contribution in [-0.2, 0) is 0 Å². The quantitative estimate of drug-likeness (QED) is 0.620. The molecule has 0 aromatic carbocycles. The summed E-state index contributed by atoms with van der Waals surface area (Å²) in [5, 5.41) is 6.80. The van der Waals surface area contributed by atoms with Crippen LogP contribution in [-0.4, -0.2) is 10.4 Å². The molecule has 0 spiro atoms. The minimum absolute atomic E-state index is 0.346. The maximum Gasteiger partial charge on any atom is 0.345 e. The molecule has 5 nitrogen and oxygen atoms in total. The first-order valence-corrected chi connectivity index (χ1v) is 3.23. The molecule has 60 valence electrons. The predicted octanol–water partition coefficient (Wildman–Crippen LogP) is 0.690. The lowest BCUT2D eigenvalue weighted by molar-refractivity contribution is 0.393. The van der Waals surface area contributed by atoms with Gasteiger partial charge in [-0.15, -0.1) is 5.10 Å². The molecule has 12 heavy (non-hydrogen) atoms. The molecule has 0 unspecified atom stereocenters. The normalized spacial score (nSPS) is 10.0. The van der Waals surface area contributed by atoms with Crippen LogP contribution >= 0.6 is 0 Å². The van der Waals surface area contributed by atoms with Crippen LogP contribution in [0, 0.1) is 0 Å². The lowest BCUT2D eigenvalue weighted by Gasteiger charge is -1.88. The Hall–Kier alpha value is -1.91. The summed E-state index contributed by atoms with van der Waals surface area (Å²) < 4.78 is 9.10. The molecule has 0 aliphatic carbocycles. The maximum absolute atomic E-state index is 11.0. The molecule has 0 aliphatic heterocycles. The smallest absolute Gasteiger partial charge is 0.345 e. The third-order valence-corrected chi connectivity index (χ3v) is 1.37. The van der Waals surface area contributed by atoms with E-state index in [4.69, 9.17) is 0 Å². The Bertz CT molecular complexity index is 418. The van der Waals surface area contributed by atoms with Crippen LogP contribution in [0.3, 0.4) is 0 Å². The third-order valence-electron chi connectivity index (χ3n) is 1.37. The summed E-state index contributed by atoms with van der Waals surface area (Å²) in [6, 6.07) is 3.19. The van der Waals surface area contributed by atoms with E-state index in [1.807, 2.05) is 0 Å². The van der Waals surface area contributed by atoms with E-state index < -0.39 is 5.63 Å². The molecule has 2 aromatic heterocycles. The van der Waals surface area contributed by atoms with Crippen molar-refractivity contribution < 1.29 is 8.94 Å². The van der Waals surface area contributed by atoms with E-state index in [0.29, 0.717) is 11.3 Å². The molecule has 0 atom stereocenters. The van der Waals surface area contributed by atoms with Crippen molar-refractivity contribution >= 4 is 0 Å². The molecular formula is C7H4N2O3. The fraction of sp³-hybridized carbons (Fsp3) is 0. The first-order chi connectivity index (χ1) is 5.88. The summed E-state index contributed by atoms with van der Waals surface area (Å²) in [4.78, 5) is 11.0. The van der Waals surface area contributed by atoms with Crippen molar-refractivity contribution in [2.45, 2.75) is 0 Å². The topological polar surface area (TPSA) is 69.1 Å². The van der Waals surface area contributed by atoms with E-state index in [1.165, 1.54) is 12.5 Å². The Morgan fingerprint density at radius 2 is 2.33 bits per heavy atom. The van der Waals surface area contributed by atoms with Crippen molar-refractivity contribution in [1.29, 1.82) is 0 Å². The Kier molecular flexibility index (Phi) is 1.48. The molecule has 5 heteroatoms. The number of nitrogens with zero attached hydrogens (tertiary/aromatic N) is 2. The van der Waals surface area contributed by atoms with Crippen LogP contribution in [0.4, 0.5) is 0 Å². The van der Waals surface area contributed by atoms with E-state index >= 15 is 0 Å². The Morgan fingerprint density at radius 1 is 1.42 bits per heavy atom. The number of hydrogen-bond acceptors (Lipinski definition) is 5. The first kappa shape index (κ1) is 6.78. The van der Waals surface area contributed by atoms with Gasteiger partial charge in [0.2, 0.25) is 0 Å². The van der Waals surface area contributed by atoms with Gasteiger partial charge in [0.1, 0.15) is 5.69 Å². The SMILES string of the molecule is O=c1occcc1-c1conn1. The van der Waals surface area contributed by atoms with Crippen LogP contribution in [0.15, 0.2) is 38.4 Å². The highest BCUT2D eigenvalue weighted by atomic mass is 16.5. The van der Waals surface area contributed by atoms with Crippen molar-refractivity contribution in [3.63, 3.8) is 0 Å². The van der Waals surface area contributed by atoms with E-state index in [0.717, 1.165) is 0 Å². The van der Waals surface area contributed by atoms with Gasteiger partial charge in [-0.25, -0.2) is 4.79 Å². The Balaban J connectivity index is 2.63. The fourth-order valence-electron chi connectivity index (χ4n) is 0.840.